The molecule has 0 aromatic carbocycles. The maximum absolute atomic E-state index is 4.94. The van der Waals surface area contributed by atoms with Gasteiger partial charge in [-0.2, -0.15) is 5.10 Å². The molecule has 0 aromatic heterocycles. The predicted molar refractivity (Wildman–Crippen MR) is 37.2 cm³/mol. The number of H-pyrrole nitrogens is 2. The third kappa shape index (κ3) is 1.07. The molecule has 0 saturated heterocycles. The van der Waals surface area contributed by atoms with Gasteiger partial charge >= 0.3 is 0 Å². The summed E-state index contributed by atoms with van der Waals surface area (Å²) in [6, 6.07) is 3.56. The molecule has 56 valence electrons. The standard InChI is InChI=1S/C6H6N4O/c1-2-5-6(11-8-3-1)4-7-10-9-5/h1-4,7,10H. The van der Waals surface area contributed by atoms with Gasteiger partial charge in [0.05, 0.1) is 12.4 Å². The van der Waals surface area contributed by atoms with Crippen LogP contribution in [0.15, 0.2) is 29.0 Å². The Labute approximate surface area is 62.0 Å². The molecule has 11 heavy (non-hydrogen) atoms. The number of fused-ring (bicyclic) bond motifs is 1. The Kier molecular flexibility index (Phi) is 1.33. The van der Waals surface area contributed by atoms with Gasteiger partial charge in [-0.25, -0.2) is 5.21 Å². The Hall–Kier alpha value is -1.78. The average Bonchev–Trinajstić information content (AvgIpc) is 2.28. The van der Waals surface area contributed by atoms with Gasteiger partial charge in [-0.05, 0) is 12.1 Å². The highest BCUT2D eigenvalue weighted by Crippen LogP contribution is 2.11. The summed E-state index contributed by atoms with van der Waals surface area (Å²) in [6.45, 7) is 0. The SMILES string of the molecule is c1cnoc2c[nH][nH]nc-2c1. The summed E-state index contributed by atoms with van der Waals surface area (Å²) in [5, 5.41) is 12.8. The van der Waals surface area contributed by atoms with Gasteiger partial charge in [0, 0.05) is 0 Å². The highest BCUT2D eigenvalue weighted by molar-refractivity contribution is 5.47. The first-order chi connectivity index (χ1) is 5.47. The van der Waals surface area contributed by atoms with E-state index in [1.165, 1.54) is 0 Å². The van der Waals surface area contributed by atoms with Crippen molar-refractivity contribution in [3.63, 3.8) is 0 Å². The molecule has 2 aliphatic rings. The molecule has 0 unspecified atom stereocenters. The van der Waals surface area contributed by atoms with E-state index in [4.69, 9.17) is 4.52 Å². The van der Waals surface area contributed by atoms with Gasteiger partial charge in [-0.15, -0.1) is 0 Å². The second-order valence-electron chi connectivity index (χ2n) is 1.97. The van der Waals surface area contributed by atoms with E-state index in [1.54, 1.807) is 24.5 Å². The Balaban J connectivity index is 2.75. The Morgan fingerprint density at radius 1 is 1.45 bits per heavy atom. The number of nitrogens with zero attached hydrogens (tertiary/aromatic N) is 2. The number of hydrogen-bond donors (Lipinski definition) is 2. The van der Waals surface area contributed by atoms with Gasteiger partial charge in [0.25, 0.3) is 0 Å². The van der Waals surface area contributed by atoms with Crippen LogP contribution in [0.4, 0.5) is 0 Å². The summed E-state index contributed by atoms with van der Waals surface area (Å²) in [4.78, 5) is 0. The summed E-state index contributed by atoms with van der Waals surface area (Å²) in [7, 11) is 0. The molecule has 5 heteroatoms. The lowest BCUT2D eigenvalue weighted by atomic mass is 10.3. The number of aromatic amines is 2. The van der Waals surface area contributed by atoms with Crippen molar-refractivity contribution in [3.05, 3.63) is 24.5 Å². The minimum absolute atomic E-state index is 0.605. The molecule has 5 nitrogen and oxygen atoms in total. The summed E-state index contributed by atoms with van der Waals surface area (Å²) in [5.41, 5.74) is 0.723. The second kappa shape index (κ2) is 2.45. The van der Waals surface area contributed by atoms with E-state index in [9.17, 15) is 0 Å². The summed E-state index contributed by atoms with van der Waals surface area (Å²) in [5.74, 6) is 0.605. The fourth-order valence-electron chi connectivity index (χ4n) is 0.768. The van der Waals surface area contributed by atoms with Crippen molar-refractivity contribution in [1.29, 1.82) is 0 Å². The van der Waals surface area contributed by atoms with Gasteiger partial charge in [-0.1, -0.05) is 5.16 Å². The molecule has 2 rings (SSSR count). The molecule has 0 aromatic rings. The number of aromatic nitrogens is 4. The summed E-state index contributed by atoms with van der Waals surface area (Å²) < 4.78 is 4.94. The molecule has 0 amide bonds. The first-order valence-electron chi connectivity index (χ1n) is 3.12. The van der Waals surface area contributed by atoms with E-state index >= 15 is 0 Å². The van der Waals surface area contributed by atoms with Crippen LogP contribution >= 0.6 is 0 Å². The Bertz CT molecular complexity index is 313. The van der Waals surface area contributed by atoms with E-state index in [-0.39, 0.29) is 0 Å². The zero-order valence-electron chi connectivity index (χ0n) is 5.61. The lowest BCUT2D eigenvalue weighted by Crippen LogP contribution is -1.89. The van der Waals surface area contributed by atoms with Crippen LogP contribution in [0.2, 0.25) is 0 Å². The highest BCUT2D eigenvalue weighted by atomic mass is 16.5. The quantitative estimate of drug-likeness (QED) is 0.587. The molecule has 0 saturated carbocycles. The number of nitrogens with one attached hydrogen (secondary N) is 2. The van der Waals surface area contributed by atoms with Crippen LogP contribution < -0.4 is 0 Å². The van der Waals surface area contributed by atoms with E-state index < -0.39 is 0 Å². The molecule has 0 spiro atoms. The van der Waals surface area contributed by atoms with Crippen LogP contribution in [0.25, 0.3) is 11.5 Å². The second-order valence-corrected chi connectivity index (χ2v) is 1.97. The third-order valence-electron chi connectivity index (χ3n) is 1.25. The summed E-state index contributed by atoms with van der Waals surface area (Å²) in [6.07, 6.45) is 3.21. The molecule has 0 radical (unpaired) electrons. The van der Waals surface area contributed by atoms with Crippen molar-refractivity contribution < 1.29 is 4.52 Å². The first kappa shape index (κ1) is 5.96. The lowest BCUT2D eigenvalue weighted by Gasteiger charge is -1.93. The fraction of sp³-hybridized carbons (Fsp3) is 0. The molecule has 2 N–H and O–H groups in total. The van der Waals surface area contributed by atoms with Crippen LogP contribution in [0, 0.1) is 0 Å². The van der Waals surface area contributed by atoms with Crippen LogP contribution in [-0.4, -0.2) is 20.6 Å². The molecular weight excluding hydrogens is 144 g/mol. The normalized spacial score (nSPS) is 9.82. The third-order valence-corrected chi connectivity index (χ3v) is 1.25. The van der Waals surface area contributed by atoms with Crippen molar-refractivity contribution >= 4 is 0 Å². The van der Waals surface area contributed by atoms with Gasteiger partial charge in [-0.3, -0.25) is 5.10 Å². The van der Waals surface area contributed by atoms with Crippen molar-refractivity contribution in [3.8, 4) is 11.5 Å². The predicted octanol–water partition coefficient (Wildman–Crippen LogP) is 0.955. The van der Waals surface area contributed by atoms with Crippen LogP contribution in [0.1, 0.15) is 0 Å². The fourth-order valence-corrected chi connectivity index (χ4v) is 0.768. The topological polar surface area (TPSA) is 70.5 Å². The van der Waals surface area contributed by atoms with E-state index in [0.717, 1.165) is 5.69 Å². The van der Waals surface area contributed by atoms with Crippen molar-refractivity contribution in [2.24, 2.45) is 0 Å². The van der Waals surface area contributed by atoms with Gasteiger partial charge in [0.15, 0.2) is 0 Å². The van der Waals surface area contributed by atoms with Gasteiger partial charge in [0.2, 0.25) is 5.76 Å². The monoisotopic (exact) mass is 150 g/mol. The lowest BCUT2D eigenvalue weighted by molar-refractivity contribution is 0.414. The molecule has 0 aliphatic carbocycles. The minimum Gasteiger partial charge on any atom is -0.353 e. The van der Waals surface area contributed by atoms with E-state index in [1.807, 2.05) is 0 Å². The van der Waals surface area contributed by atoms with Crippen molar-refractivity contribution in [2.45, 2.75) is 0 Å². The molecule has 0 bridgehead atoms. The first-order valence-corrected chi connectivity index (χ1v) is 3.12. The smallest absolute Gasteiger partial charge is 0.202 e. The molecule has 2 heterocycles. The maximum atomic E-state index is 4.94. The van der Waals surface area contributed by atoms with E-state index in [0.29, 0.717) is 5.76 Å². The number of rotatable bonds is 0. The largest absolute Gasteiger partial charge is 0.353 e. The molecule has 0 atom stereocenters. The van der Waals surface area contributed by atoms with Crippen molar-refractivity contribution in [2.75, 3.05) is 0 Å². The Morgan fingerprint density at radius 3 is 3.45 bits per heavy atom. The molecule has 2 aliphatic heterocycles. The average molecular weight is 150 g/mol. The van der Waals surface area contributed by atoms with Crippen molar-refractivity contribution in [1.82, 2.24) is 20.6 Å². The Morgan fingerprint density at radius 2 is 2.45 bits per heavy atom. The van der Waals surface area contributed by atoms with Gasteiger partial charge < -0.3 is 4.52 Å². The highest BCUT2D eigenvalue weighted by Gasteiger charge is 2.00. The van der Waals surface area contributed by atoms with Crippen LogP contribution in [0.5, 0.6) is 0 Å². The zero-order chi connectivity index (χ0) is 7.52. The zero-order valence-corrected chi connectivity index (χ0v) is 5.61. The van der Waals surface area contributed by atoms with Gasteiger partial charge in [0.1, 0.15) is 5.69 Å². The van der Waals surface area contributed by atoms with E-state index in [2.05, 4.69) is 20.6 Å². The maximum Gasteiger partial charge on any atom is 0.202 e. The van der Waals surface area contributed by atoms with Crippen LogP contribution in [-0.2, 0) is 0 Å². The summed E-state index contributed by atoms with van der Waals surface area (Å²) >= 11 is 0. The number of hydrogen-bond acceptors (Lipinski definition) is 3. The minimum atomic E-state index is 0.605. The van der Waals surface area contributed by atoms with Crippen LogP contribution in [0.3, 0.4) is 0 Å². The molecule has 0 fully saturated rings. The molecular formula is C6H6N4O.